The third-order valence-electron chi connectivity index (χ3n) is 2.71. The van der Waals surface area contributed by atoms with Gasteiger partial charge in [0.1, 0.15) is 5.75 Å². The Labute approximate surface area is 121 Å². The molecular weight excluding hydrogens is 339 g/mol. The first-order valence-corrected chi connectivity index (χ1v) is 6.36. The summed E-state index contributed by atoms with van der Waals surface area (Å²) in [6.07, 6.45) is -3.09. The molecule has 0 bridgehead atoms. The van der Waals surface area contributed by atoms with Crippen LogP contribution >= 0.6 is 15.9 Å². The standard InChI is InChI=1S/C12H11BrF3N3O/c1-19-11(9(13)6-18-19)10(17)7-2-4-8(5-3-7)20-12(14,15)16/h2-6,10H,17H2,1H3. The van der Waals surface area contributed by atoms with Crippen molar-refractivity contribution in [2.45, 2.75) is 12.4 Å². The predicted molar refractivity (Wildman–Crippen MR) is 70.1 cm³/mol. The van der Waals surface area contributed by atoms with Crippen LogP contribution in [0.5, 0.6) is 5.75 Å². The summed E-state index contributed by atoms with van der Waals surface area (Å²) in [4.78, 5) is 0. The number of benzene rings is 1. The van der Waals surface area contributed by atoms with Crippen molar-refractivity contribution in [3.63, 3.8) is 0 Å². The number of aromatic nitrogens is 2. The fourth-order valence-electron chi connectivity index (χ4n) is 1.80. The van der Waals surface area contributed by atoms with E-state index in [9.17, 15) is 13.2 Å². The average Bonchev–Trinajstić information content (AvgIpc) is 2.67. The smallest absolute Gasteiger partial charge is 0.406 e. The molecule has 1 heterocycles. The monoisotopic (exact) mass is 349 g/mol. The zero-order valence-corrected chi connectivity index (χ0v) is 11.9. The number of alkyl halides is 3. The molecule has 0 radical (unpaired) electrons. The molecule has 1 unspecified atom stereocenters. The van der Waals surface area contributed by atoms with Crippen molar-refractivity contribution in [2.75, 3.05) is 0 Å². The summed E-state index contributed by atoms with van der Waals surface area (Å²) in [5.41, 5.74) is 7.47. The minimum absolute atomic E-state index is 0.280. The Balaban J connectivity index is 2.22. The van der Waals surface area contributed by atoms with Gasteiger partial charge in [0.15, 0.2) is 0 Å². The summed E-state index contributed by atoms with van der Waals surface area (Å²) < 4.78 is 42.3. The molecule has 1 atom stereocenters. The van der Waals surface area contributed by atoms with Crippen molar-refractivity contribution >= 4 is 15.9 Å². The topological polar surface area (TPSA) is 53.1 Å². The molecule has 8 heteroatoms. The lowest BCUT2D eigenvalue weighted by molar-refractivity contribution is -0.274. The zero-order chi connectivity index (χ0) is 14.9. The quantitative estimate of drug-likeness (QED) is 0.926. The van der Waals surface area contributed by atoms with Gasteiger partial charge >= 0.3 is 6.36 Å². The van der Waals surface area contributed by atoms with E-state index in [0.29, 0.717) is 5.56 Å². The van der Waals surface area contributed by atoms with Crippen LogP contribution in [0.2, 0.25) is 0 Å². The van der Waals surface area contributed by atoms with E-state index in [1.807, 2.05) is 0 Å². The molecule has 0 amide bonds. The van der Waals surface area contributed by atoms with E-state index in [2.05, 4.69) is 25.8 Å². The Morgan fingerprint density at radius 2 is 1.90 bits per heavy atom. The molecule has 1 aromatic carbocycles. The maximum atomic E-state index is 12.1. The highest BCUT2D eigenvalue weighted by atomic mass is 79.9. The summed E-state index contributed by atoms with van der Waals surface area (Å²) in [6.45, 7) is 0. The Morgan fingerprint density at radius 1 is 1.30 bits per heavy atom. The van der Waals surface area contributed by atoms with Gasteiger partial charge in [0, 0.05) is 7.05 Å². The van der Waals surface area contributed by atoms with Crippen LogP contribution in [0.25, 0.3) is 0 Å². The molecule has 2 N–H and O–H groups in total. The molecule has 0 saturated heterocycles. The van der Waals surface area contributed by atoms with Gasteiger partial charge in [-0.25, -0.2) is 0 Å². The Kier molecular flexibility index (Phi) is 4.05. The Bertz CT molecular complexity index is 575. The number of rotatable bonds is 3. The summed E-state index contributed by atoms with van der Waals surface area (Å²) in [7, 11) is 1.74. The Morgan fingerprint density at radius 3 is 2.35 bits per heavy atom. The van der Waals surface area contributed by atoms with E-state index in [4.69, 9.17) is 5.73 Å². The van der Waals surface area contributed by atoms with Gasteiger partial charge in [-0.05, 0) is 33.6 Å². The highest BCUT2D eigenvalue weighted by molar-refractivity contribution is 9.10. The molecule has 0 aliphatic rings. The van der Waals surface area contributed by atoms with Crippen LogP contribution in [0.3, 0.4) is 0 Å². The van der Waals surface area contributed by atoms with Crippen LogP contribution in [0.15, 0.2) is 34.9 Å². The molecule has 0 aliphatic heterocycles. The Hall–Kier alpha value is -1.54. The first kappa shape index (κ1) is 14.9. The van der Waals surface area contributed by atoms with E-state index < -0.39 is 12.4 Å². The van der Waals surface area contributed by atoms with Gasteiger partial charge in [0.25, 0.3) is 0 Å². The maximum absolute atomic E-state index is 12.1. The van der Waals surface area contributed by atoms with Crippen molar-refractivity contribution in [1.29, 1.82) is 0 Å². The second kappa shape index (κ2) is 5.45. The van der Waals surface area contributed by atoms with Gasteiger partial charge in [-0.15, -0.1) is 13.2 Å². The average molecular weight is 350 g/mol. The molecule has 4 nitrogen and oxygen atoms in total. The molecule has 20 heavy (non-hydrogen) atoms. The van der Waals surface area contributed by atoms with Crippen molar-refractivity contribution in [3.05, 3.63) is 46.2 Å². The van der Waals surface area contributed by atoms with Crippen LogP contribution < -0.4 is 10.5 Å². The molecule has 0 aliphatic carbocycles. The second-order valence-electron chi connectivity index (χ2n) is 4.10. The van der Waals surface area contributed by atoms with E-state index in [1.165, 1.54) is 24.3 Å². The van der Waals surface area contributed by atoms with Crippen LogP contribution in [0, 0.1) is 0 Å². The summed E-state index contributed by atoms with van der Waals surface area (Å²) in [6, 6.07) is 4.94. The summed E-state index contributed by atoms with van der Waals surface area (Å²) >= 11 is 3.33. The molecule has 0 saturated carbocycles. The van der Waals surface area contributed by atoms with Crippen molar-refractivity contribution in [2.24, 2.45) is 12.8 Å². The summed E-state index contributed by atoms with van der Waals surface area (Å²) in [5, 5.41) is 4.05. The lowest BCUT2D eigenvalue weighted by Crippen LogP contribution is -2.18. The van der Waals surface area contributed by atoms with E-state index >= 15 is 0 Å². The van der Waals surface area contributed by atoms with Gasteiger partial charge < -0.3 is 10.5 Å². The van der Waals surface area contributed by atoms with E-state index in [1.54, 1.807) is 17.9 Å². The van der Waals surface area contributed by atoms with Crippen molar-refractivity contribution < 1.29 is 17.9 Å². The van der Waals surface area contributed by atoms with Gasteiger partial charge in [0.05, 0.1) is 22.4 Å². The van der Waals surface area contributed by atoms with Crippen LogP contribution in [0.1, 0.15) is 17.3 Å². The van der Waals surface area contributed by atoms with Gasteiger partial charge in [-0.3, -0.25) is 4.68 Å². The minimum atomic E-state index is -4.70. The number of nitrogens with zero attached hydrogens (tertiary/aromatic N) is 2. The maximum Gasteiger partial charge on any atom is 0.573 e. The van der Waals surface area contributed by atoms with Crippen LogP contribution in [-0.4, -0.2) is 16.1 Å². The zero-order valence-electron chi connectivity index (χ0n) is 10.4. The molecule has 2 aromatic rings. The number of aryl methyl sites for hydroxylation is 1. The number of hydrogen-bond donors (Lipinski definition) is 1. The van der Waals surface area contributed by atoms with E-state index in [-0.39, 0.29) is 5.75 Å². The fraction of sp³-hybridized carbons (Fsp3) is 0.250. The number of ether oxygens (including phenoxy) is 1. The SMILES string of the molecule is Cn1ncc(Br)c1C(N)c1ccc(OC(F)(F)F)cc1. The molecule has 2 rings (SSSR count). The third kappa shape index (κ3) is 3.31. The second-order valence-corrected chi connectivity index (χ2v) is 4.95. The molecule has 0 spiro atoms. The lowest BCUT2D eigenvalue weighted by Gasteiger charge is -2.14. The van der Waals surface area contributed by atoms with Gasteiger partial charge in [0.2, 0.25) is 0 Å². The predicted octanol–water partition coefficient (Wildman–Crippen LogP) is 3.13. The van der Waals surface area contributed by atoms with Gasteiger partial charge in [-0.1, -0.05) is 12.1 Å². The minimum Gasteiger partial charge on any atom is -0.406 e. The van der Waals surface area contributed by atoms with E-state index in [0.717, 1.165) is 10.2 Å². The van der Waals surface area contributed by atoms with Crippen LogP contribution in [-0.2, 0) is 7.05 Å². The fourth-order valence-corrected chi connectivity index (χ4v) is 2.40. The number of halogens is 4. The van der Waals surface area contributed by atoms with Gasteiger partial charge in [-0.2, -0.15) is 5.10 Å². The lowest BCUT2D eigenvalue weighted by atomic mass is 10.0. The first-order valence-electron chi connectivity index (χ1n) is 5.56. The van der Waals surface area contributed by atoms with Crippen molar-refractivity contribution in [3.8, 4) is 5.75 Å². The molecular formula is C12H11BrF3N3O. The molecule has 0 fully saturated rings. The molecule has 108 valence electrons. The number of hydrogen-bond acceptors (Lipinski definition) is 3. The summed E-state index contributed by atoms with van der Waals surface area (Å²) in [5.74, 6) is -0.280. The first-order chi connectivity index (χ1) is 9.28. The molecule has 1 aromatic heterocycles. The highest BCUT2D eigenvalue weighted by Gasteiger charge is 2.31. The normalized spacial score (nSPS) is 13.3. The third-order valence-corrected chi connectivity index (χ3v) is 3.32. The largest absolute Gasteiger partial charge is 0.573 e. The highest BCUT2D eigenvalue weighted by Crippen LogP contribution is 2.28. The van der Waals surface area contributed by atoms with Crippen molar-refractivity contribution in [1.82, 2.24) is 9.78 Å². The number of nitrogens with two attached hydrogens (primary N) is 1. The van der Waals surface area contributed by atoms with Crippen LogP contribution in [0.4, 0.5) is 13.2 Å².